The predicted octanol–water partition coefficient (Wildman–Crippen LogP) is 3.66. The summed E-state index contributed by atoms with van der Waals surface area (Å²) in [6.07, 6.45) is 4.62. The van der Waals surface area contributed by atoms with E-state index < -0.39 is 0 Å². The monoisotopic (exact) mass is 280 g/mol. The van der Waals surface area contributed by atoms with Crippen LogP contribution >= 0.6 is 11.8 Å². The van der Waals surface area contributed by atoms with Crippen molar-refractivity contribution in [2.45, 2.75) is 19.6 Å². The van der Waals surface area contributed by atoms with Gasteiger partial charge in [0.1, 0.15) is 0 Å². The van der Waals surface area contributed by atoms with Crippen LogP contribution < -0.4 is 0 Å². The van der Waals surface area contributed by atoms with Crippen LogP contribution in [0.2, 0.25) is 0 Å². The van der Waals surface area contributed by atoms with Gasteiger partial charge in [0.05, 0.1) is 0 Å². The average Bonchev–Trinajstić information content (AvgIpc) is 2.41. The number of benzene rings is 1. The molecule has 3 nitrogen and oxygen atoms in total. The number of carbonyl (C=O) groups excluding carboxylic acids is 1. The second-order valence-electron chi connectivity index (χ2n) is 3.96. The summed E-state index contributed by atoms with van der Waals surface area (Å²) in [6, 6.07) is 7.95. The maximum absolute atomic E-state index is 10.8. The summed E-state index contributed by atoms with van der Waals surface area (Å²) >= 11 is 1.35. The fourth-order valence-corrected chi connectivity index (χ4v) is 2.25. The predicted molar refractivity (Wildman–Crippen MR) is 80.0 cm³/mol. The zero-order chi connectivity index (χ0) is 14.1. The topological polar surface area (TPSA) is 35.5 Å². The summed E-state index contributed by atoms with van der Waals surface area (Å²) < 4.78 is 10.6. The van der Waals surface area contributed by atoms with E-state index >= 15 is 0 Å². The third kappa shape index (κ3) is 5.59. The first kappa shape index (κ1) is 16.0. The molecule has 1 aromatic carbocycles. The Balaban J connectivity index is 2.67. The van der Waals surface area contributed by atoms with Crippen molar-refractivity contribution in [2.75, 3.05) is 20.0 Å². The lowest BCUT2D eigenvalue weighted by Crippen LogP contribution is -2.05. The molecule has 0 fully saturated rings. The molecule has 0 aromatic heterocycles. The summed E-state index contributed by atoms with van der Waals surface area (Å²) in [5.41, 5.74) is 2.08. The molecule has 4 heteroatoms. The Morgan fingerprint density at radius 3 is 2.63 bits per heavy atom. The van der Waals surface area contributed by atoms with Crippen molar-refractivity contribution in [3.63, 3.8) is 0 Å². The fraction of sp³-hybridized carbons (Fsp3) is 0.400. The van der Waals surface area contributed by atoms with Gasteiger partial charge < -0.3 is 9.47 Å². The number of allylic oxidation sites excluding steroid dienone is 1. The number of rotatable bonds is 7. The molecule has 0 saturated heterocycles. The first-order valence-corrected chi connectivity index (χ1v) is 7.12. The normalized spacial score (nSPS) is 11.4. The van der Waals surface area contributed by atoms with E-state index in [9.17, 15) is 4.79 Å². The third-order valence-electron chi connectivity index (χ3n) is 2.57. The van der Waals surface area contributed by atoms with E-state index in [1.807, 2.05) is 30.3 Å². The van der Waals surface area contributed by atoms with E-state index in [4.69, 9.17) is 9.47 Å². The number of hydrogen-bond acceptors (Lipinski definition) is 4. The molecule has 0 atom stereocenters. The molecule has 0 saturated carbocycles. The van der Waals surface area contributed by atoms with Gasteiger partial charge in [-0.25, -0.2) is 0 Å². The second kappa shape index (κ2) is 8.91. The molecular formula is C15H20O3S. The number of ether oxygens (including phenoxy) is 2. The molecule has 0 aliphatic rings. The van der Waals surface area contributed by atoms with Crippen LogP contribution in [0.1, 0.15) is 30.8 Å². The van der Waals surface area contributed by atoms with Gasteiger partial charge in [0, 0.05) is 32.5 Å². The van der Waals surface area contributed by atoms with E-state index in [1.54, 1.807) is 21.1 Å². The van der Waals surface area contributed by atoms with Crippen LogP contribution in [0.4, 0.5) is 0 Å². The highest BCUT2D eigenvalue weighted by Gasteiger charge is 2.11. The molecule has 0 heterocycles. The molecule has 0 unspecified atom stereocenters. The molecule has 0 aliphatic carbocycles. The quantitative estimate of drug-likeness (QED) is 0.564. The summed E-state index contributed by atoms with van der Waals surface area (Å²) in [7, 11) is 3.25. The Morgan fingerprint density at radius 1 is 1.32 bits per heavy atom. The zero-order valence-electron chi connectivity index (χ0n) is 11.6. The highest BCUT2D eigenvalue weighted by molar-refractivity contribution is 8.13. The van der Waals surface area contributed by atoms with Crippen LogP contribution in [-0.2, 0) is 14.3 Å². The van der Waals surface area contributed by atoms with Crippen molar-refractivity contribution >= 4 is 23.0 Å². The van der Waals surface area contributed by atoms with Crippen molar-refractivity contribution in [3.05, 3.63) is 41.5 Å². The van der Waals surface area contributed by atoms with Crippen LogP contribution in [0.3, 0.4) is 0 Å². The van der Waals surface area contributed by atoms with Crippen LogP contribution in [0.15, 0.2) is 30.3 Å². The highest BCUT2D eigenvalue weighted by Crippen LogP contribution is 2.22. The summed E-state index contributed by atoms with van der Waals surface area (Å²) in [5, 5.41) is 0.160. The minimum absolute atomic E-state index is 0.160. The van der Waals surface area contributed by atoms with Crippen molar-refractivity contribution in [2.24, 2.45) is 0 Å². The van der Waals surface area contributed by atoms with Gasteiger partial charge in [-0.2, -0.15) is 0 Å². The van der Waals surface area contributed by atoms with Crippen molar-refractivity contribution in [1.29, 1.82) is 0 Å². The minimum Gasteiger partial charge on any atom is -0.352 e. The molecule has 0 amide bonds. The Hall–Kier alpha value is -1.10. The Labute approximate surface area is 119 Å². The van der Waals surface area contributed by atoms with Crippen LogP contribution in [-0.4, -0.2) is 25.1 Å². The Bertz CT molecular complexity index is 425. The molecule has 0 aliphatic heterocycles. The molecule has 1 rings (SSSR count). The van der Waals surface area contributed by atoms with Gasteiger partial charge in [-0.15, -0.1) is 0 Å². The van der Waals surface area contributed by atoms with E-state index in [0.717, 1.165) is 23.3 Å². The van der Waals surface area contributed by atoms with Gasteiger partial charge in [0.25, 0.3) is 0 Å². The summed E-state index contributed by atoms with van der Waals surface area (Å²) in [5.74, 6) is 0.811. The lowest BCUT2D eigenvalue weighted by atomic mass is 10.1. The zero-order valence-corrected chi connectivity index (χ0v) is 12.4. The van der Waals surface area contributed by atoms with E-state index in [-0.39, 0.29) is 11.4 Å². The molecule has 0 bridgehead atoms. The molecule has 0 radical (unpaired) electrons. The van der Waals surface area contributed by atoms with Gasteiger partial charge in [-0.05, 0) is 12.0 Å². The largest absolute Gasteiger partial charge is 0.352 e. The van der Waals surface area contributed by atoms with Gasteiger partial charge >= 0.3 is 0 Å². The molecule has 1 aromatic rings. The standard InChI is InChI=1S/C15H20O3S/c1-12(16)19-11-7-6-9-13-8-4-5-10-14(13)15(17-2)18-3/h4-6,8-10,15H,7,11H2,1-3H3. The second-order valence-corrected chi connectivity index (χ2v) is 5.24. The molecule has 0 N–H and O–H groups in total. The average molecular weight is 280 g/mol. The molecule has 19 heavy (non-hydrogen) atoms. The van der Waals surface area contributed by atoms with Gasteiger partial charge in [-0.1, -0.05) is 48.2 Å². The molecule has 0 spiro atoms. The molecular weight excluding hydrogens is 260 g/mol. The van der Waals surface area contributed by atoms with Crippen LogP contribution in [0, 0.1) is 0 Å². The lowest BCUT2D eigenvalue weighted by molar-refractivity contribution is -0.109. The SMILES string of the molecule is COC(OC)c1ccccc1C=CCCSC(C)=O. The van der Waals surface area contributed by atoms with E-state index in [2.05, 4.69) is 6.08 Å². The van der Waals surface area contributed by atoms with Crippen molar-refractivity contribution in [3.8, 4) is 0 Å². The van der Waals surface area contributed by atoms with Gasteiger partial charge in [0.15, 0.2) is 11.4 Å². The highest BCUT2D eigenvalue weighted by atomic mass is 32.2. The fourth-order valence-electron chi connectivity index (χ4n) is 1.71. The lowest BCUT2D eigenvalue weighted by Gasteiger charge is -2.15. The summed E-state index contributed by atoms with van der Waals surface area (Å²) in [6.45, 7) is 1.59. The molecule has 104 valence electrons. The number of methoxy groups -OCH3 is 2. The minimum atomic E-state index is -0.354. The van der Waals surface area contributed by atoms with E-state index in [1.165, 1.54) is 11.8 Å². The smallest absolute Gasteiger partial charge is 0.185 e. The maximum atomic E-state index is 10.8. The van der Waals surface area contributed by atoms with Crippen molar-refractivity contribution < 1.29 is 14.3 Å². The Kier molecular flexibility index (Phi) is 7.48. The summed E-state index contributed by atoms with van der Waals surface area (Å²) in [4.78, 5) is 10.8. The number of thioether (sulfide) groups is 1. The number of hydrogen-bond donors (Lipinski definition) is 0. The van der Waals surface area contributed by atoms with Gasteiger partial charge in [-0.3, -0.25) is 4.79 Å². The Morgan fingerprint density at radius 2 is 2.00 bits per heavy atom. The first-order valence-electron chi connectivity index (χ1n) is 6.13. The number of carbonyl (C=O) groups is 1. The van der Waals surface area contributed by atoms with E-state index in [0.29, 0.717) is 0 Å². The van der Waals surface area contributed by atoms with Crippen LogP contribution in [0.5, 0.6) is 0 Å². The van der Waals surface area contributed by atoms with Crippen LogP contribution in [0.25, 0.3) is 6.08 Å². The van der Waals surface area contributed by atoms with Crippen molar-refractivity contribution in [1.82, 2.24) is 0 Å². The third-order valence-corrected chi connectivity index (χ3v) is 3.41. The first-order chi connectivity index (χ1) is 9.19. The maximum Gasteiger partial charge on any atom is 0.185 e. The van der Waals surface area contributed by atoms with Gasteiger partial charge in [0.2, 0.25) is 0 Å².